The molecule has 0 radical (unpaired) electrons. The van der Waals surface area contributed by atoms with Crippen LogP contribution in [0.15, 0.2) is 6.07 Å². The third-order valence-electron chi connectivity index (χ3n) is 2.46. The first-order valence-electron chi connectivity index (χ1n) is 5.77. The van der Waals surface area contributed by atoms with Crippen LogP contribution in [0.4, 0.5) is 8.78 Å². The number of nitrogens with zero attached hydrogens (tertiary/aromatic N) is 2. The average Bonchev–Trinajstić information content (AvgIpc) is 2.79. The van der Waals surface area contributed by atoms with E-state index in [0.717, 1.165) is 5.69 Å². The van der Waals surface area contributed by atoms with Gasteiger partial charge in [0.25, 0.3) is 11.8 Å². The number of hydrogen-bond donors (Lipinski definition) is 2. The minimum atomic E-state index is -3.31. The maximum absolute atomic E-state index is 12.8. The normalized spacial score (nSPS) is 11.6. The van der Waals surface area contributed by atoms with Gasteiger partial charge < -0.3 is 10.4 Å². The molecule has 1 rings (SSSR count). The number of hydrogen-bond acceptors (Lipinski definition) is 3. The Hall–Kier alpha value is -1.50. The molecular weight excluding hydrogens is 244 g/mol. The molecule has 1 amide bonds. The summed E-state index contributed by atoms with van der Waals surface area (Å²) < 4.78 is 27.1. The summed E-state index contributed by atoms with van der Waals surface area (Å²) in [4.78, 5) is 11.7. The van der Waals surface area contributed by atoms with E-state index in [1.807, 2.05) is 13.8 Å². The summed E-state index contributed by atoms with van der Waals surface area (Å²) in [6.45, 7) is 2.01. The quantitative estimate of drug-likeness (QED) is 0.796. The number of alkyl halides is 2. The topological polar surface area (TPSA) is 67.2 Å². The van der Waals surface area contributed by atoms with Gasteiger partial charge in [0.2, 0.25) is 0 Å². The third-order valence-corrected chi connectivity index (χ3v) is 2.46. The first kappa shape index (κ1) is 14.6. The molecule has 7 heteroatoms. The van der Waals surface area contributed by atoms with Crippen molar-refractivity contribution in [3.63, 3.8) is 0 Å². The second-order valence-corrected chi connectivity index (χ2v) is 3.89. The summed E-state index contributed by atoms with van der Waals surface area (Å²) in [6, 6.07) is 1.58. The molecule has 1 heterocycles. The van der Waals surface area contributed by atoms with Crippen LogP contribution in [0.5, 0.6) is 0 Å². The number of halogens is 2. The predicted molar refractivity (Wildman–Crippen MR) is 61.6 cm³/mol. The van der Waals surface area contributed by atoms with Crippen LogP contribution < -0.4 is 5.32 Å². The van der Waals surface area contributed by atoms with Crippen molar-refractivity contribution in [1.82, 2.24) is 15.1 Å². The van der Waals surface area contributed by atoms with Gasteiger partial charge in [-0.3, -0.25) is 9.48 Å². The van der Waals surface area contributed by atoms with Gasteiger partial charge in [-0.25, -0.2) is 8.78 Å². The van der Waals surface area contributed by atoms with Crippen LogP contribution in [0.2, 0.25) is 0 Å². The number of amides is 1. The number of nitrogens with one attached hydrogen (secondary N) is 1. The third kappa shape index (κ3) is 3.49. The Morgan fingerprint density at radius 1 is 1.56 bits per heavy atom. The summed E-state index contributed by atoms with van der Waals surface area (Å²) in [5.41, 5.74) is 0.985. The Balaban J connectivity index is 2.75. The molecule has 0 saturated carbocycles. The highest BCUT2D eigenvalue weighted by Gasteiger charge is 2.29. The van der Waals surface area contributed by atoms with Gasteiger partial charge >= 0.3 is 0 Å². The zero-order valence-electron chi connectivity index (χ0n) is 10.4. The molecule has 0 aromatic carbocycles. The maximum Gasteiger partial charge on any atom is 0.287 e. The molecule has 102 valence electrons. The van der Waals surface area contributed by atoms with Crippen LogP contribution in [0, 0.1) is 0 Å². The molecule has 2 N–H and O–H groups in total. The van der Waals surface area contributed by atoms with Gasteiger partial charge in [-0.05, 0) is 19.4 Å². The molecule has 0 fully saturated rings. The molecule has 0 unspecified atom stereocenters. The van der Waals surface area contributed by atoms with E-state index in [1.54, 1.807) is 6.07 Å². The Labute approximate surface area is 104 Å². The number of carbonyl (C=O) groups is 1. The molecule has 0 saturated heterocycles. The van der Waals surface area contributed by atoms with Crippen molar-refractivity contribution in [3.8, 4) is 0 Å². The van der Waals surface area contributed by atoms with E-state index >= 15 is 0 Å². The fourth-order valence-electron chi connectivity index (χ4n) is 1.42. The van der Waals surface area contributed by atoms with Gasteiger partial charge in [0.1, 0.15) is 12.3 Å². The molecule has 0 spiro atoms. The SMILES string of the molecule is CCc1cc(C(=O)NCC(F)(F)CO)n(CC)n1. The summed E-state index contributed by atoms with van der Waals surface area (Å²) >= 11 is 0. The van der Waals surface area contributed by atoms with Gasteiger partial charge in [0.15, 0.2) is 0 Å². The number of aliphatic hydroxyl groups is 1. The second kappa shape index (κ2) is 5.90. The van der Waals surface area contributed by atoms with Crippen LogP contribution >= 0.6 is 0 Å². The van der Waals surface area contributed by atoms with Crippen LogP contribution in [0.3, 0.4) is 0 Å². The summed E-state index contributed by atoms with van der Waals surface area (Å²) in [5, 5.41) is 14.6. The van der Waals surface area contributed by atoms with Crippen LogP contribution in [0.1, 0.15) is 30.0 Å². The predicted octanol–water partition coefficient (Wildman–Crippen LogP) is 0.823. The van der Waals surface area contributed by atoms with Crippen molar-refractivity contribution in [2.75, 3.05) is 13.2 Å². The summed E-state index contributed by atoms with van der Waals surface area (Å²) in [5.74, 6) is -3.92. The van der Waals surface area contributed by atoms with E-state index in [0.29, 0.717) is 13.0 Å². The fourth-order valence-corrected chi connectivity index (χ4v) is 1.42. The molecule has 0 bridgehead atoms. The van der Waals surface area contributed by atoms with Crippen LogP contribution in [-0.2, 0) is 13.0 Å². The highest BCUT2D eigenvalue weighted by Crippen LogP contribution is 2.11. The average molecular weight is 261 g/mol. The van der Waals surface area contributed by atoms with Crippen molar-refractivity contribution < 1.29 is 18.7 Å². The second-order valence-electron chi connectivity index (χ2n) is 3.89. The maximum atomic E-state index is 12.8. The minimum Gasteiger partial charge on any atom is -0.390 e. The standard InChI is InChI=1S/C11H17F2N3O2/c1-3-8-5-9(16(4-2)15-8)10(18)14-6-11(12,13)7-17/h5,17H,3-4,6-7H2,1-2H3,(H,14,18). The van der Waals surface area contributed by atoms with Crippen LogP contribution in [-0.4, -0.2) is 39.9 Å². The van der Waals surface area contributed by atoms with Gasteiger partial charge in [-0.15, -0.1) is 0 Å². The van der Waals surface area contributed by atoms with E-state index in [-0.39, 0.29) is 5.69 Å². The molecule has 0 aliphatic heterocycles. The largest absolute Gasteiger partial charge is 0.390 e. The Morgan fingerprint density at radius 3 is 2.72 bits per heavy atom. The number of aryl methyl sites for hydroxylation is 2. The lowest BCUT2D eigenvalue weighted by Crippen LogP contribution is -2.39. The monoisotopic (exact) mass is 261 g/mol. The zero-order valence-corrected chi connectivity index (χ0v) is 10.4. The van der Waals surface area contributed by atoms with E-state index in [4.69, 9.17) is 5.11 Å². The highest BCUT2D eigenvalue weighted by molar-refractivity contribution is 5.92. The number of aromatic nitrogens is 2. The Kier molecular flexibility index (Phi) is 4.77. The Bertz CT molecular complexity index is 418. The molecular formula is C11H17F2N3O2. The lowest BCUT2D eigenvalue weighted by molar-refractivity contribution is -0.0462. The number of carbonyl (C=O) groups excluding carboxylic acids is 1. The van der Waals surface area contributed by atoms with E-state index < -0.39 is 25.0 Å². The van der Waals surface area contributed by atoms with Gasteiger partial charge in [-0.2, -0.15) is 5.10 Å². The van der Waals surface area contributed by atoms with Crippen molar-refractivity contribution in [1.29, 1.82) is 0 Å². The smallest absolute Gasteiger partial charge is 0.287 e. The number of rotatable bonds is 6. The molecule has 0 aliphatic carbocycles. The van der Waals surface area contributed by atoms with Crippen molar-refractivity contribution >= 4 is 5.91 Å². The minimum absolute atomic E-state index is 0.253. The lowest BCUT2D eigenvalue weighted by atomic mass is 10.3. The number of aliphatic hydroxyl groups excluding tert-OH is 1. The van der Waals surface area contributed by atoms with Crippen molar-refractivity contribution in [2.45, 2.75) is 32.7 Å². The Morgan fingerprint density at radius 2 is 2.22 bits per heavy atom. The van der Waals surface area contributed by atoms with E-state index in [9.17, 15) is 13.6 Å². The molecule has 1 aromatic heterocycles. The molecule has 18 heavy (non-hydrogen) atoms. The first-order valence-corrected chi connectivity index (χ1v) is 5.77. The van der Waals surface area contributed by atoms with Crippen molar-refractivity contribution in [3.05, 3.63) is 17.5 Å². The highest BCUT2D eigenvalue weighted by atomic mass is 19.3. The molecule has 0 atom stereocenters. The van der Waals surface area contributed by atoms with E-state index in [1.165, 1.54) is 4.68 Å². The molecule has 0 aliphatic rings. The van der Waals surface area contributed by atoms with Gasteiger partial charge in [0.05, 0.1) is 12.2 Å². The zero-order chi connectivity index (χ0) is 13.8. The summed E-state index contributed by atoms with van der Waals surface area (Å²) in [7, 11) is 0. The fraction of sp³-hybridized carbons (Fsp3) is 0.636. The summed E-state index contributed by atoms with van der Waals surface area (Å²) in [6.07, 6.45) is 0.667. The first-order chi connectivity index (χ1) is 8.43. The van der Waals surface area contributed by atoms with Crippen molar-refractivity contribution in [2.24, 2.45) is 0 Å². The van der Waals surface area contributed by atoms with Crippen LogP contribution in [0.25, 0.3) is 0 Å². The molecule has 5 nitrogen and oxygen atoms in total. The van der Waals surface area contributed by atoms with Gasteiger partial charge in [-0.1, -0.05) is 6.92 Å². The lowest BCUT2D eigenvalue weighted by Gasteiger charge is -2.14. The van der Waals surface area contributed by atoms with E-state index in [2.05, 4.69) is 10.4 Å². The molecule has 1 aromatic rings. The van der Waals surface area contributed by atoms with Gasteiger partial charge in [0, 0.05) is 6.54 Å².